The molecule has 0 bridgehead atoms. The molecule has 0 heterocycles. The van der Waals surface area contributed by atoms with Gasteiger partial charge < -0.3 is 4.74 Å². The van der Waals surface area contributed by atoms with Gasteiger partial charge in [-0.3, -0.25) is 0 Å². The molecule has 0 aromatic carbocycles. The van der Waals surface area contributed by atoms with Crippen molar-refractivity contribution in [2.75, 3.05) is 7.11 Å². The molecule has 0 aliphatic rings. The molecule has 0 amide bonds. The summed E-state index contributed by atoms with van der Waals surface area (Å²) >= 11 is 4.65. The predicted molar refractivity (Wildman–Crippen MR) is 34.4 cm³/mol. The van der Waals surface area contributed by atoms with E-state index in [0.717, 1.165) is 0 Å². The molecule has 0 aliphatic carbocycles. The first kappa shape index (κ1) is 6.63. The van der Waals surface area contributed by atoms with Crippen LogP contribution in [0.4, 0.5) is 0 Å². The minimum absolute atomic E-state index is 0.530. The molecule has 0 atom stereocenters. The Hall–Kier alpha value is -0.370. The molecule has 2 heteroatoms. The van der Waals surface area contributed by atoms with Crippen LogP contribution in [-0.4, -0.2) is 12.2 Å². The first-order valence-corrected chi connectivity index (χ1v) is 2.42. The van der Waals surface area contributed by atoms with Crippen molar-refractivity contribution >= 4 is 17.3 Å². The molecule has 0 spiro atoms. The van der Waals surface area contributed by atoms with Gasteiger partial charge in [-0.1, -0.05) is 6.08 Å². The summed E-state index contributed by atoms with van der Waals surface area (Å²) in [5, 5.41) is 0.530. The second kappa shape index (κ2) is 3.81. The monoisotopic (exact) mass is 116 g/mol. The maximum Gasteiger partial charge on any atom is 0.183 e. The molecule has 40 valence electrons. The van der Waals surface area contributed by atoms with Crippen molar-refractivity contribution in [3.63, 3.8) is 0 Å². The SMILES string of the molecule is C/C=C/C(=S)OC. The van der Waals surface area contributed by atoms with Crippen LogP contribution < -0.4 is 0 Å². The first-order valence-electron chi connectivity index (χ1n) is 2.02. The zero-order valence-electron chi connectivity index (χ0n) is 4.47. The molecule has 1 nitrogen and oxygen atoms in total. The summed E-state index contributed by atoms with van der Waals surface area (Å²) in [5.74, 6) is 0. The van der Waals surface area contributed by atoms with Gasteiger partial charge in [0.25, 0.3) is 0 Å². The van der Waals surface area contributed by atoms with E-state index in [4.69, 9.17) is 0 Å². The Balaban J connectivity index is 3.37. The zero-order valence-corrected chi connectivity index (χ0v) is 5.29. The third-order valence-electron chi connectivity index (χ3n) is 0.504. The zero-order chi connectivity index (χ0) is 5.70. The van der Waals surface area contributed by atoms with E-state index in [9.17, 15) is 0 Å². The van der Waals surface area contributed by atoms with Crippen molar-refractivity contribution in [3.8, 4) is 0 Å². The highest BCUT2D eigenvalue weighted by molar-refractivity contribution is 7.80. The number of rotatable bonds is 1. The molecule has 0 aromatic heterocycles. The molecule has 0 N–H and O–H groups in total. The van der Waals surface area contributed by atoms with Crippen molar-refractivity contribution in [1.82, 2.24) is 0 Å². The van der Waals surface area contributed by atoms with Gasteiger partial charge >= 0.3 is 0 Å². The van der Waals surface area contributed by atoms with Gasteiger partial charge in [0.1, 0.15) is 0 Å². The van der Waals surface area contributed by atoms with Crippen LogP contribution in [0, 0.1) is 0 Å². The second-order valence-corrected chi connectivity index (χ2v) is 1.43. The van der Waals surface area contributed by atoms with Gasteiger partial charge in [-0.05, 0) is 25.2 Å². The number of allylic oxidation sites excluding steroid dienone is 1. The highest BCUT2D eigenvalue weighted by Crippen LogP contribution is 1.79. The Morgan fingerprint density at radius 2 is 2.29 bits per heavy atom. The Morgan fingerprint density at radius 3 is 2.43 bits per heavy atom. The van der Waals surface area contributed by atoms with Gasteiger partial charge in [-0.25, -0.2) is 0 Å². The predicted octanol–water partition coefficient (Wildman–Crippen LogP) is 1.54. The molecule has 0 radical (unpaired) electrons. The molecule has 0 saturated carbocycles. The Labute approximate surface area is 49.0 Å². The van der Waals surface area contributed by atoms with Gasteiger partial charge in [0, 0.05) is 0 Å². The molecule has 0 rings (SSSR count). The van der Waals surface area contributed by atoms with E-state index < -0.39 is 0 Å². The van der Waals surface area contributed by atoms with Crippen molar-refractivity contribution in [2.24, 2.45) is 0 Å². The van der Waals surface area contributed by atoms with Crippen molar-refractivity contribution < 1.29 is 4.74 Å². The fraction of sp³-hybridized carbons (Fsp3) is 0.400. The van der Waals surface area contributed by atoms with Crippen LogP contribution in [0.2, 0.25) is 0 Å². The lowest BCUT2D eigenvalue weighted by Gasteiger charge is -1.89. The summed E-state index contributed by atoms with van der Waals surface area (Å²) in [6, 6.07) is 0. The Kier molecular flexibility index (Phi) is 3.61. The lowest BCUT2D eigenvalue weighted by atomic mass is 10.6. The van der Waals surface area contributed by atoms with Crippen LogP contribution in [0.3, 0.4) is 0 Å². The van der Waals surface area contributed by atoms with E-state index in [1.54, 1.807) is 13.2 Å². The summed E-state index contributed by atoms with van der Waals surface area (Å²) in [6.45, 7) is 1.89. The average molecular weight is 116 g/mol. The van der Waals surface area contributed by atoms with Gasteiger partial charge in [-0.2, -0.15) is 0 Å². The average Bonchev–Trinajstić information content (AvgIpc) is 1.68. The van der Waals surface area contributed by atoms with Gasteiger partial charge in [-0.15, -0.1) is 0 Å². The van der Waals surface area contributed by atoms with Crippen molar-refractivity contribution in [2.45, 2.75) is 6.92 Å². The normalized spacial score (nSPS) is 9.43. The van der Waals surface area contributed by atoms with Crippen LogP contribution >= 0.6 is 12.2 Å². The largest absolute Gasteiger partial charge is 0.487 e. The highest BCUT2D eigenvalue weighted by atomic mass is 32.1. The number of hydrogen-bond acceptors (Lipinski definition) is 2. The van der Waals surface area contributed by atoms with E-state index in [-0.39, 0.29) is 0 Å². The molecule has 0 saturated heterocycles. The fourth-order valence-corrected chi connectivity index (χ4v) is 0.340. The lowest BCUT2D eigenvalue weighted by Crippen LogP contribution is -1.88. The summed E-state index contributed by atoms with van der Waals surface area (Å²) < 4.78 is 4.64. The Bertz CT molecular complexity index is 86.1. The number of ether oxygens (including phenoxy) is 1. The van der Waals surface area contributed by atoms with Crippen LogP contribution in [0.25, 0.3) is 0 Å². The first-order chi connectivity index (χ1) is 3.31. The smallest absolute Gasteiger partial charge is 0.183 e. The minimum Gasteiger partial charge on any atom is -0.487 e. The molecule has 0 aliphatic heterocycles. The van der Waals surface area contributed by atoms with Gasteiger partial charge in [0.2, 0.25) is 0 Å². The molecule has 0 unspecified atom stereocenters. The number of methoxy groups -OCH3 is 1. The van der Waals surface area contributed by atoms with Crippen molar-refractivity contribution in [3.05, 3.63) is 12.2 Å². The second-order valence-electron chi connectivity index (χ2n) is 1.02. The lowest BCUT2D eigenvalue weighted by molar-refractivity contribution is 0.418. The summed E-state index contributed by atoms with van der Waals surface area (Å²) in [5.41, 5.74) is 0. The van der Waals surface area contributed by atoms with Gasteiger partial charge in [0.05, 0.1) is 7.11 Å². The highest BCUT2D eigenvalue weighted by Gasteiger charge is 1.77. The molecule has 7 heavy (non-hydrogen) atoms. The van der Waals surface area contributed by atoms with E-state index in [1.807, 2.05) is 13.0 Å². The molecule has 0 fully saturated rings. The van der Waals surface area contributed by atoms with Crippen LogP contribution in [0.5, 0.6) is 0 Å². The van der Waals surface area contributed by atoms with Crippen LogP contribution in [0.15, 0.2) is 12.2 Å². The van der Waals surface area contributed by atoms with E-state index in [2.05, 4.69) is 17.0 Å². The summed E-state index contributed by atoms with van der Waals surface area (Å²) in [4.78, 5) is 0. The van der Waals surface area contributed by atoms with Crippen molar-refractivity contribution in [1.29, 1.82) is 0 Å². The summed E-state index contributed by atoms with van der Waals surface area (Å²) in [7, 11) is 1.56. The van der Waals surface area contributed by atoms with Crippen LogP contribution in [0.1, 0.15) is 6.92 Å². The van der Waals surface area contributed by atoms with E-state index >= 15 is 0 Å². The Morgan fingerprint density at radius 1 is 1.71 bits per heavy atom. The van der Waals surface area contributed by atoms with E-state index in [1.165, 1.54) is 0 Å². The fourth-order valence-electron chi connectivity index (χ4n) is 0.204. The van der Waals surface area contributed by atoms with Gasteiger partial charge in [0.15, 0.2) is 5.05 Å². The third kappa shape index (κ3) is 3.46. The molecular weight excluding hydrogens is 108 g/mol. The third-order valence-corrected chi connectivity index (χ3v) is 0.807. The topological polar surface area (TPSA) is 9.23 Å². The quantitative estimate of drug-likeness (QED) is 0.379. The maximum atomic E-state index is 4.65. The number of thiocarbonyl (C=S) groups is 1. The minimum atomic E-state index is 0.530. The molecule has 0 aromatic rings. The standard InChI is InChI=1S/C5H8OS/c1-3-4-5(7)6-2/h3-4H,1-2H3/b4-3+. The summed E-state index contributed by atoms with van der Waals surface area (Å²) in [6.07, 6.45) is 3.57. The number of hydrogen-bond donors (Lipinski definition) is 0. The van der Waals surface area contributed by atoms with E-state index in [0.29, 0.717) is 5.05 Å². The maximum absolute atomic E-state index is 4.65. The van der Waals surface area contributed by atoms with Crippen LogP contribution in [-0.2, 0) is 4.74 Å². The molecular formula is C5H8OS.